The maximum absolute atomic E-state index is 9.23. The molecule has 0 bridgehead atoms. The molecule has 4 unspecified atom stereocenters. The fourth-order valence-corrected chi connectivity index (χ4v) is 2.01. The van der Waals surface area contributed by atoms with Crippen LogP contribution in [0.2, 0.25) is 0 Å². The molecule has 0 saturated carbocycles. The van der Waals surface area contributed by atoms with Gasteiger partial charge in [0.05, 0.1) is 19.3 Å². The van der Waals surface area contributed by atoms with E-state index in [-0.39, 0.29) is 24.9 Å². The van der Waals surface area contributed by atoms with Gasteiger partial charge in [-0.15, -0.1) is 0 Å². The van der Waals surface area contributed by atoms with Crippen LogP contribution in [0.15, 0.2) is 0 Å². The summed E-state index contributed by atoms with van der Waals surface area (Å²) in [6.07, 6.45) is -0.361. The predicted octanol–water partition coefficient (Wildman–Crippen LogP) is 0.824. The molecule has 1 fully saturated rings. The van der Waals surface area contributed by atoms with Crippen molar-refractivity contribution in [3.8, 4) is 0 Å². The SMILES string of the molecule is CCOC(CO)C1OCC(C)C1OCC. The largest absolute Gasteiger partial charge is 0.394 e. The lowest BCUT2D eigenvalue weighted by atomic mass is 10.0. The van der Waals surface area contributed by atoms with Crippen molar-refractivity contribution in [1.82, 2.24) is 0 Å². The molecule has 0 aliphatic carbocycles. The first-order chi connectivity index (χ1) is 7.24. The number of hydrogen-bond donors (Lipinski definition) is 1. The van der Waals surface area contributed by atoms with Crippen molar-refractivity contribution in [3.63, 3.8) is 0 Å². The lowest BCUT2D eigenvalue weighted by Gasteiger charge is -2.27. The van der Waals surface area contributed by atoms with Gasteiger partial charge in [-0.2, -0.15) is 0 Å². The fraction of sp³-hybridized carbons (Fsp3) is 1.00. The van der Waals surface area contributed by atoms with Crippen LogP contribution in [-0.4, -0.2) is 49.8 Å². The fourth-order valence-electron chi connectivity index (χ4n) is 2.01. The van der Waals surface area contributed by atoms with Crippen LogP contribution < -0.4 is 0 Å². The van der Waals surface area contributed by atoms with E-state index in [1.807, 2.05) is 13.8 Å². The zero-order valence-corrected chi connectivity index (χ0v) is 9.81. The highest BCUT2D eigenvalue weighted by atomic mass is 16.6. The molecular formula is C11H22O4. The molecule has 0 aromatic heterocycles. The van der Waals surface area contributed by atoms with Gasteiger partial charge >= 0.3 is 0 Å². The summed E-state index contributed by atoms with van der Waals surface area (Å²) >= 11 is 0. The van der Waals surface area contributed by atoms with Crippen LogP contribution in [0.4, 0.5) is 0 Å². The van der Waals surface area contributed by atoms with Crippen molar-refractivity contribution in [2.45, 2.75) is 39.1 Å². The monoisotopic (exact) mass is 218 g/mol. The number of ether oxygens (including phenoxy) is 3. The Balaban J connectivity index is 2.57. The van der Waals surface area contributed by atoms with E-state index >= 15 is 0 Å². The second kappa shape index (κ2) is 6.43. The number of hydrogen-bond acceptors (Lipinski definition) is 4. The zero-order chi connectivity index (χ0) is 11.3. The van der Waals surface area contributed by atoms with Crippen molar-refractivity contribution < 1.29 is 19.3 Å². The van der Waals surface area contributed by atoms with Gasteiger partial charge in [0.15, 0.2) is 0 Å². The van der Waals surface area contributed by atoms with E-state index in [1.54, 1.807) is 0 Å². The molecule has 4 nitrogen and oxygen atoms in total. The average Bonchev–Trinajstić information content (AvgIpc) is 2.58. The zero-order valence-electron chi connectivity index (χ0n) is 9.81. The highest BCUT2D eigenvalue weighted by molar-refractivity contribution is 4.88. The van der Waals surface area contributed by atoms with Gasteiger partial charge in [0.2, 0.25) is 0 Å². The van der Waals surface area contributed by atoms with Crippen LogP contribution in [0.5, 0.6) is 0 Å². The van der Waals surface area contributed by atoms with Crippen LogP contribution >= 0.6 is 0 Å². The second-order valence-electron chi connectivity index (χ2n) is 3.87. The Morgan fingerprint density at radius 1 is 1.40 bits per heavy atom. The summed E-state index contributed by atoms with van der Waals surface area (Å²) < 4.78 is 16.7. The van der Waals surface area contributed by atoms with Crippen LogP contribution in [-0.2, 0) is 14.2 Å². The van der Waals surface area contributed by atoms with Crippen LogP contribution in [0.3, 0.4) is 0 Å². The highest BCUT2D eigenvalue weighted by Gasteiger charge is 2.40. The summed E-state index contributed by atoms with van der Waals surface area (Å²) in [4.78, 5) is 0. The third-order valence-corrected chi connectivity index (χ3v) is 2.72. The summed E-state index contributed by atoms with van der Waals surface area (Å²) in [7, 11) is 0. The Labute approximate surface area is 91.5 Å². The summed E-state index contributed by atoms with van der Waals surface area (Å²) in [5, 5.41) is 9.23. The first-order valence-corrected chi connectivity index (χ1v) is 5.70. The Bertz CT molecular complexity index is 174. The molecule has 1 heterocycles. The third-order valence-electron chi connectivity index (χ3n) is 2.72. The molecule has 0 amide bonds. The Morgan fingerprint density at radius 2 is 2.13 bits per heavy atom. The standard InChI is InChI=1S/C11H22O4/c1-4-13-9(6-12)11-10(14-5-2)8(3)7-15-11/h8-12H,4-7H2,1-3H3. The van der Waals surface area contributed by atoms with Gasteiger partial charge in [0.25, 0.3) is 0 Å². The molecular weight excluding hydrogens is 196 g/mol. The molecule has 0 aromatic carbocycles. The first kappa shape index (κ1) is 12.9. The van der Waals surface area contributed by atoms with Gasteiger partial charge in [0, 0.05) is 19.1 Å². The van der Waals surface area contributed by atoms with Crippen molar-refractivity contribution >= 4 is 0 Å². The normalized spacial score (nSPS) is 33.2. The summed E-state index contributed by atoms with van der Waals surface area (Å²) in [5.74, 6) is 0.365. The van der Waals surface area contributed by atoms with E-state index in [9.17, 15) is 5.11 Å². The Morgan fingerprint density at radius 3 is 2.67 bits per heavy atom. The van der Waals surface area contributed by atoms with Crippen LogP contribution in [0.25, 0.3) is 0 Å². The van der Waals surface area contributed by atoms with E-state index in [0.29, 0.717) is 25.7 Å². The summed E-state index contributed by atoms with van der Waals surface area (Å²) in [6, 6.07) is 0. The van der Waals surface area contributed by atoms with E-state index in [2.05, 4.69) is 6.92 Å². The molecule has 1 aliphatic heterocycles. The molecule has 90 valence electrons. The van der Waals surface area contributed by atoms with E-state index in [4.69, 9.17) is 14.2 Å². The van der Waals surface area contributed by atoms with Gasteiger partial charge in [-0.1, -0.05) is 6.92 Å². The number of aliphatic hydroxyl groups excluding tert-OH is 1. The maximum Gasteiger partial charge on any atom is 0.112 e. The minimum Gasteiger partial charge on any atom is -0.394 e. The Kier molecular flexibility index (Phi) is 5.53. The topological polar surface area (TPSA) is 47.9 Å². The van der Waals surface area contributed by atoms with Gasteiger partial charge < -0.3 is 19.3 Å². The second-order valence-corrected chi connectivity index (χ2v) is 3.87. The van der Waals surface area contributed by atoms with Crippen molar-refractivity contribution in [1.29, 1.82) is 0 Å². The van der Waals surface area contributed by atoms with Gasteiger partial charge in [0.1, 0.15) is 12.2 Å². The molecule has 4 atom stereocenters. The quantitative estimate of drug-likeness (QED) is 0.717. The molecule has 4 heteroatoms. The van der Waals surface area contributed by atoms with Crippen molar-refractivity contribution in [2.24, 2.45) is 5.92 Å². The first-order valence-electron chi connectivity index (χ1n) is 5.70. The molecule has 0 spiro atoms. The molecule has 1 rings (SSSR count). The van der Waals surface area contributed by atoms with Gasteiger partial charge in [-0.05, 0) is 13.8 Å². The molecule has 15 heavy (non-hydrogen) atoms. The van der Waals surface area contributed by atoms with E-state index < -0.39 is 0 Å². The van der Waals surface area contributed by atoms with Crippen LogP contribution in [0, 0.1) is 5.92 Å². The minimum atomic E-state index is -0.267. The van der Waals surface area contributed by atoms with Crippen molar-refractivity contribution in [2.75, 3.05) is 26.4 Å². The van der Waals surface area contributed by atoms with Gasteiger partial charge in [-0.25, -0.2) is 0 Å². The van der Waals surface area contributed by atoms with Crippen LogP contribution in [0.1, 0.15) is 20.8 Å². The van der Waals surface area contributed by atoms with E-state index in [1.165, 1.54) is 0 Å². The molecule has 1 N–H and O–H groups in total. The van der Waals surface area contributed by atoms with Crippen molar-refractivity contribution in [3.05, 3.63) is 0 Å². The third kappa shape index (κ3) is 3.14. The maximum atomic E-state index is 9.23. The lowest BCUT2D eigenvalue weighted by molar-refractivity contribution is -0.109. The molecule has 1 aliphatic rings. The summed E-state index contributed by atoms with van der Waals surface area (Å²) in [6.45, 7) is 7.89. The number of aliphatic hydroxyl groups is 1. The predicted molar refractivity (Wildman–Crippen MR) is 56.8 cm³/mol. The Hall–Kier alpha value is -0.160. The van der Waals surface area contributed by atoms with Gasteiger partial charge in [-0.3, -0.25) is 0 Å². The molecule has 0 radical (unpaired) electrons. The minimum absolute atomic E-state index is 0.0190. The average molecular weight is 218 g/mol. The molecule has 1 saturated heterocycles. The number of rotatable bonds is 6. The summed E-state index contributed by atoms with van der Waals surface area (Å²) in [5.41, 5.74) is 0. The highest BCUT2D eigenvalue weighted by Crippen LogP contribution is 2.26. The lowest BCUT2D eigenvalue weighted by Crippen LogP contribution is -2.42. The van der Waals surface area contributed by atoms with E-state index in [0.717, 1.165) is 0 Å². The molecule has 0 aromatic rings. The smallest absolute Gasteiger partial charge is 0.112 e.